The van der Waals surface area contributed by atoms with Crippen LogP contribution in [0.3, 0.4) is 0 Å². The standard InChI is InChI=1S/C34H24BrN/c35-34-21-20-32(23-33(34)28-13-10-26(11-14-28)24-6-2-1-3-7-24)36-31-18-16-27(17-19-31)30-15-12-25-8-4-5-9-29(25)22-30/h1-23,36H. The summed E-state index contributed by atoms with van der Waals surface area (Å²) in [6, 6.07) is 49.3. The third kappa shape index (κ3) is 4.68. The van der Waals surface area contributed by atoms with Gasteiger partial charge in [0.1, 0.15) is 0 Å². The molecule has 6 aromatic rings. The molecule has 6 aromatic carbocycles. The number of anilines is 2. The summed E-state index contributed by atoms with van der Waals surface area (Å²) < 4.78 is 1.08. The molecule has 0 unspecified atom stereocenters. The van der Waals surface area contributed by atoms with Crippen molar-refractivity contribution in [2.24, 2.45) is 0 Å². The Morgan fingerprint density at radius 3 is 1.72 bits per heavy atom. The summed E-state index contributed by atoms with van der Waals surface area (Å²) in [4.78, 5) is 0. The number of benzene rings is 6. The van der Waals surface area contributed by atoms with Gasteiger partial charge in [0, 0.05) is 15.8 Å². The minimum absolute atomic E-state index is 1.05. The predicted molar refractivity (Wildman–Crippen MR) is 158 cm³/mol. The van der Waals surface area contributed by atoms with E-state index in [1.54, 1.807) is 0 Å². The van der Waals surface area contributed by atoms with E-state index in [2.05, 4.69) is 155 Å². The normalized spacial score (nSPS) is 10.9. The van der Waals surface area contributed by atoms with Gasteiger partial charge in [-0.25, -0.2) is 0 Å². The Morgan fingerprint density at radius 1 is 0.389 bits per heavy atom. The summed E-state index contributed by atoms with van der Waals surface area (Å²) in [6.07, 6.45) is 0. The molecule has 172 valence electrons. The van der Waals surface area contributed by atoms with Gasteiger partial charge in [0.05, 0.1) is 0 Å². The molecule has 0 heterocycles. The first kappa shape index (κ1) is 22.3. The smallest absolute Gasteiger partial charge is 0.0391 e. The average Bonchev–Trinajstić information content (AvgIpc) is 2.95. The SMILES string of the molecule is Brc1ccc(Nc2ccc(-c3ccc4ccccc4c3)cc2)cc1-c1ccc(-c2ccccc2)cc1. The first-order chi connectivity index (χ1) is 17.7. The van der Waals surface area contributed by atoms with Gasteiger partial charge in [0.25, 0.3) is 0 Å². The van der Waals surface area contributed by atoms with Crippen LogP contribution in [0.25, 0.3) is 44.2 Å². The summed E-state index contributed by atoms with van der Waals surface area (Å²) in [5.74, 6) is 0. The fraction of sp³-hybridized carbons (Fsp3) is 0. The summed E-state index contributed by atoms with van der Waals surface area (Å²) in [7, 11) is 0. The Bertz CT molecular complexity index is 1640. The van der Waals surface area contributed by atoms with Crippen molar-refractivity contribution in [3.05, 3.63) is 144 Å². The van der Waals surface area contributed by atoms with E-state index in [0.29, 0.717) is 0 Å². The van der Waals surface area contributed by atoms with Crippen LogP contribution >= 0.6 is 15.9 Å². The van der Waals surface area contributed by atoms with Crippen LogP contribution in [0, 0.1) is 0 Å². The van der Waals surface area contributed by atoms with Crippen LogP contribution in [0.2, 0.25) is 0 Å². The van der Waals surface area contributed by atoms with Gasteiger partial charge in [0.2, 0.25) is 0 Å². The van der Waals surface area contributed by atoms with Crippen molar-refractivity contribution in [2.45, 2.75) is 0 Å². The van der Waals surface area contributed by atoms with Gasteiger partial charge < -0.3 is 5.32 Å². The van der Waals surface area contributed by atoms with Crippen molar-refractivity contribution >= 4 is 38.1 Å². The van der Waals surface area contributed by atoms with Crippen LogP contribution in [0.15, 0.2) is 144 Å². The zero-order valence-electron chi connectivity index (χ0n) is 19.7. The maximum absolute atomic E-state index is 3.74. The zero-order chi connectivity index (χ0) is 24.3. The summed E-state index contributed by atoms with van der Waals surface area (Å²) in [5, 5.41) is 6.09. The lowest BCUT2D eigenvalue weighted by atomic mass is 10.00. The molecular weight excluding hydrogens is 502 g/mol. The number of halogens is 1. The molecule has 0 aromatic heterocycles. The highest BCUT2D eigenvalue weighted by Gasteiger charge is 2.07. The largest absolute Gasteiger partial charge is 0.356 e. The lowest BCUT2D eigenvalue weighted by Gasteiger charge is -2.12. The number of rotatable bonds is 5. The maximum Gasteiger partial charge on any atom is 0.0391 e. The van der Waals surface area contributed by atoms with Crippen molar-refractivity contribution in [3.8, 4) is 33.4 Å². The highest BCUT2D eigenvalue weighted by molar-refractivity contribution is 9.10. The summed E-state index contributed by atoms with van der Waals surface area (Å²) in [6.45, 7) is 0. The molecule has 0 aliphatic heterocycles. The Labute approximate surface area is 220 Å². The van der Waals surface area contributed by atoms with Crippen LogP contribution in [0.1, 0.15) is 0 Å². The highest BCUT2D eigenvalue weighted by atomic mass is 79.9. The lowest BCUT2D eigenvalue weighted by Crippen LogP contribution is -1.92. The van der Waals surface area contributed by atoms with Crippen LogP contribution in [0.5, 0.6) is 0 Å². The first-order valence-electron chi connectivity index (χ1n) is 12.0. The van der Waals surface area contributed by atoms with E-state index in [0.717, 1.165) is 21.4 Å². The lowest BCUT2D eigenvalue weighted by molar-refractivity contribution is 1.52. The minimum Gasteiger partial charge on any atom is -0.356 e. The van der Waals surface area contributed by atoms with Gasteiger partial charge >= 0.3 is 0 Å². The fourth-order valence-electron chi connectivity index (χ4n) is 4.58. The molecule has 0 bridgehead atoms. The molecule has 0 amide bonds. The van der Waals surface area contributed by atoms with E-state index in [-0.39, 0.29) is 0 Å². The minimum atomic E-state index is 1.05. The van der Waals surface area contributed by atoms with Crippen molar-refractivity contribution in [2.75, 3.05) is 5.32 Å². The molecule has 0 fully saturated rings. The third-order valence-corrected chi connectivity index (χ3v) is 7.22. The fourth-order valence-corrected chi connectivity index (χ4v) is 5.05. The second kappa shape index (κ2) is 9.85. The molecule has 0 saturated carbocycles. The number of nitrogens with one attached hydrogen (secondary N) is 1. The monoisotopic (exact) mass is 525 g/mol. The van der Waals surface area contributed by atoms with E-state index in [1.807, 2.05) is 6.07 Å². The van der Waals surface area contributed by atoms with Gasteiger partial charge in [0.15, 0.2) is 0 Å². The average molecular weight is 526 g/mol. The maximum atomic E-state index is 3.74. The second-order valence-corrected chi connectivity index (χ2v) is 9.76. The van der Waals surface area contributed by atoms with Crippen LogP contribution < -0.4 is 5.32 Å². The molecule has 1 N–H and O–H groups in total. The van der Waals surface area contributed by atoms with Crippen molar-refractivity contribution in [1.29, 1.82) is 0 Å². The Morgan fingerprint density at radius 2 is 0.944 bits per heavy atom. The number of hydrogen-bond acceptors (Lipinski definition) is 1. The van der Waals surface area contributed by atoms with Crippen LogP contribution in [-0.2, 0) is 0 Å². The van der Waals surface area contributed by atoms with E-state index in [4.69, 9.17) is 0 Å². The van der Waals surface area contributed by atoms with E-state index in [9.17, 15) is 0 Å². The van der Waals surface area contributed by atoms with Crippen molar-refractivity contribution in [3.63, 3.8) is 0 Å². The summed E-state index contributed by atoms with van der Waals surface area (Å²) >= 11 is 3.74. The Balaban J connectivity index is 1.22. The molecular formula is C34H24BrN. The van der Waals surface area contributed by atoms with Gasteiger partial charge in [-0.2, -0.15) is 0 Å². The van der Waals surface area contributed by atoms with E-state index in [1.165, 1.54) is 38.6 Å². The predicted octanol–water partition coefficient (Wildman–Crippen LogP) is 10.3. The molecule has 1 nitrogen and oxygen atoms in total. The molecule has 0 saturated heterocycles. The quantitative estimate of drug-likeness (QED) is 0.236. The van der Waals surface area contributed by atoms with Crippen LogP contribution in [0.4, 0.5) is 11.4 Å². The van der Waals surface area contributed by atoms with E-state index < -0.39 is 0 Å². The van der Waals surface area contributed by atoms with Crippen LogP contribution in [-0.4, -0.2) is 0 Å². The van der Waals surface area contributed by atoms with E-state index >= 15 is 0 Å². The van der Waals surface area contributed by atoms with Gasteiger partial charge in [-0.05, 0) is 80.6 Å². The number of hydrogen-bond donors (Lipinski definition) is 1. The molecule has 2 heteroatoms. The molecule has 0 spiro atoms. The molecule has 0 aliphatic carbocycles. The third-order valence-electron chi connectivity index (χ3n) is 6.53. The molecule has 6 rings (SSSR count). The topological polar surface area (TPSA) is 12.0 Å². The van der Waals surface area contributed by atoms with Gasteiger partial charge in [-0.15, -0.1) is 0 Å². The molecule has 0 aliphatic rings. The number of fused-ring (bicyclic) bond motifs is 1. The molecule has 0 atom stereocenters. The summed E-state index contributed by atoms with van der Waals surface area (Å²) in [5.41, 5.74) is 9.34. The second-order valence-electron chi connectivity index (χ2n) is 8.90. The Hall–Kier alpha value is -4.14. The van der Waals surface area contributed by atoms with Gasteiger partial charge in [-0.3, -0.25) is 0 Å². The molecule has 0 radical (unpaired) electrons. The van der Waals surface area contributed by atoms with Gasteiger partial charge in [-0.1, -0.05) is 119 Å². The highest BCUT2D eigenvalue weighted by Crippen LogP contribution is 2.34. The van der Waals surface area contributed by atoms with Crippen molar-refractivity contribution in [1.82, 2.24) is 0 Å². The first-order valence-corrected chi connectivity index (χ1v) is 12.8. The Kier molecular flexibility index (Phi) is 6.11. The molecule has 36 heavy (non-hydrogen) atoms. The zero-order valence-corrected chi connectivity index (χ0v) is 21.2. The van der Waals surface area contributed by atoms with Crippen molar-refractivity contribution < 1.29 is 0 Å².